The molecule has 0 aliphatic carbocycles. The molecule has 1 aromatic carbocycles. The zero-order valence-corrected chi connectivity index (χ0v) is 13.3. The lowest BCUT2D eigenvalue weighted by atomic mass is 10.2. The number of nitrogens with one attached hydrogen (secondary N) is 1. The van der Waals surface area contributed by atoms with Gasteiger partial charge < -0.3 is 14.8 Å². The first-order valence-corrected chi connectivity index (χ1v) is 7.76. The van der Waals surface area contributed by atoms with E-state index >= 15 is 0 Å². The maximum absolute atomic E-state index is 11.2. The van der Waals surface area contributed by atoms with Gasteiger partial charge in [-0.05, 0) is 18.1 Å². The van der Waals surface area contributed by atoms with Crippen LogP contribution in [0.1, 0.15) is 24.5 Å². The number of ether oxygens (including phenoxy) is 2. The van der Waals surface area contributed by atoms with Crippen LogP contribution in [0.25, 0.3) is 0 Å². The van der Waals surface area contributed by atoms with E-state index in [0.717, 1.165) is 11.1 Å². The molecule has 0 aliphatic heterocycles. The van der Waals surface area contributed by atoms with E-state index in [1.54, 1.807) is 13.1 Å². The van der Waals surface area contributed by atoms with Gasteiger partial charge >= 0.3 is 5.97 Å². The van der Waals surface area contributed by atoms with Gasteiger partial charge in [-0.2, -0.15) is 0 Å². The number of pyridine rings is 1. The molecule has 0 amide bonds. The lowest BCUT2D eigenvalue weighted by molar-refractivity contribution is -0.142. The largest absolute Gasteiger partial charge is 0.473 e. The molecule has 1 N–H and O–H groups in total. The van der Waals surface area contributed by atoms with Crippen LogP contribution < -0.4 is 10.1 Å². The highest BCUT2D eigenvalue weighted by Gasteiger charge is 2.01. The van der Waals surface area contributed by atoms with Gasteiger partial charge in [-0.1, -0.05) is 36.4 Å². The van der Waals surface area contributed by atoms with E-state index in [0.29, 0.717) is 38.6 Å². The number of esters is 1. The van der Waals surface area contributed by atoms with Gasteiger partial charge in [-0.25, -0.2) is 4.98 Å². The summed E-state index contributed by atoms with van der Waals surface area (Å²) in [4.78, 5) is 15.5. The van der Waals surface area contributed by atoms with Gasteiger partial charge in [-0.15, -0.1) is 0 Å². The maximum atomic E-state index is 11.2. The summed E-state index contributed by atoms with van der Waals surface area (Å²) in [5, 5.41) is 3.19. The number of aromatic nitrogens is 1. The summed E-state index contributed by atoms with van der Waals surface area (Å²) in [5.41, 5.74) is 2.15. The minimum absolute atomic E-state index is 0.178. The smallest absolute Gasteiger partial charge is 0.307 e. The zero-order chi connectivity index (χ0) is 16.3. The summed E-state index contributed by atoms with van der Waals surface area (Å²) in [6, 6.07) is 13.8. The van der Waals surface area contributed by atoms with Crippen LogP contribution in [0.5, 0.6) is 5.88 Å². The Balaban J connectivity index is 1.69. The van der Waals surface area contributed by atoms with Gasteiger partial charge in [0.25, 0.3) is 0 Å². The third-order valence-corrected chi connectivity index (χ3v) is 3.17. The molecule has 2 rings (SSSR count). The van der Waals surface area contributed by atoms with E-state index in [1.807, 2.05) is 42.5 Å². The average Bonchev–Trinajstić information content (AvgIpc) is 2.59. The highest BCUT2D eigenvalue weighted by atomic mass is 16.5. The van der Waals surface area contributed by atoms with Gasteiger partial charge in [0.05, 0.1) is 13.0 Å². The fraction of sp³-hybridized carbons (Fsp3) is 0.333. The summed E-state index contributed by atoms with van der Waals surface area (Å²) in [6.07, 6.45) is 2.15. The number of rotatable bonds is 9. The van der Waals surface area contributed by atoms with E-state index in [-0.39, 0.29) is 5.97 Å². The number of carbonyl (C=O) groups is 1. The molecule has 0 saturated carbocycles. The van der Waals surface area contributed by atoms with Crippen LogP contribution in [0.3, 0.4) is 0 Å². The summed E-state index contributed by atoms with van der Waals surface area (Å²) in [7, 11) is 0. The summed E-state index contributed by atoms with van der Waals surface area (Å²) in [6.45, 7) is 3.98. The van der Waals surface area contributed by atoms with Crippen molar-refractivity contribution in [3.8, 4) is 5.88 Å². The highest BCUT2D eigenvalue weighted by Crippen LogP contribution is 2.10. The first-order valence-electron chi connectivity index (χ1n) is 7.76. The molecule has 0 unspecified atom stereocenters. The number of benzene rings is 1. The molecule has 0 aliphatic rings. The second-order valence-electron chi connectivity index (χ2n) is 5.01. The molecule has 122 valence electrons. The Hall–Kier alpha value is -2.40. The molecule has 5 nitrogen and oxygen atoms in total. The highest BCUT2D eigenvalue weighted by molar-refractivity contribution is 5.69. The van der Waals surface area contributed by atoms with Crippen LogP contribution in [0.2, 0.25) is 0 Å². The second kappa shape index (κ2) is 9.58. The Morgan fingerprint density at radius 2 is 1.96 bits per heavy atom. The van der Waals surface area contributed by atoms with Crippen LogP contribution >= 0.6 is 0 Å². The monoisotopic (exact) mass is 314 g/mol. The molecule has 0 spiro atoms. The average molecular weight is 314 g/mol. The normalized spacial score (nSPS) is 10.3. The SMILES string of the molecule is CCOC(=O)CCNCc1ccc(OCc2ccccc2)nc1. The third-order valence-electron chi connectivity index (χ3n) is 3.17. The minimum Gasteiger partial charge on any atom is -0.473 e. The molecule has 0 saturated heterocycles. The van der Waals surface area contributed by atoms with E-state index in [1.165, 1.54) is 0 Å². The number of hydrogen-bond acceptors (Lipinski definition) is 5. The van der Waals surface area contributed by atoms with Crippen molar-refractivity contribution in [1.29, 1.82) is 0 Å². The van der Waals surface area contributed by atoms with Gasteiger partial charge in [0.1, 0.15) is 6.61 Å². The van der Waals surface area contributed by atoms with E-state index in [4.69, 9.17) is 9.47 Å². The van der Waals surface area contributed by atoms with Crippen molar-refractivity contribution in [2.24, 2.45) is 0 Å². The first kappa shape index (κ1) is 17.0. The fourth-order valence-corrected chi connectivity index (χ4v) is 1.99. The quantitative estimate of drug-likeness (QED) is 0.569. The molecule has 0 radical (unpaired) electrons. The summed E-state index contributed by atoms with van der Waals surface area (Å²) in [5.74, 6) is 0.423. The topological polar surface area (TPSA) is 60.5 Å². The van der Waals surface area contributed by atoms with E-state index in [2.05, 4.69) is 10.3 Å². The Morgan fingerprint density at radius 3 is 2.65 bits per heavy atom. The maximum Gasteiger partial charge on any atom is 0.307 e. The predicted molar refractivity (Wildman–Crippen MR) is 88.0 cm³/mol. The molecule has 1 aromatic heterocycles. The molecule has 0 atom stereocenters. The van der Waals surface area contributed by atoms with Crippen LogP contribution in [0, 0.1) is 0 Å². The van der Waals surface area contributed by atoms with Crippen LogP contribution in [-0.2, 0) is 22.7 Å². The molecule has 1 heterocycles. The van der Waals surface area contributed by atoms with Crippen molar-refractivity contribution >= 4 is 5.97 Å². The standard InChI is InChI=1S/C18H22N2O3/c1-2-22-18(21)10-11-19-12-16-8-9-17(20-13-16)23-14-15-6-4-3-5-7-15/h3-9,13,19H,2,10-12,14H2,1H3. The van der Waals surface area contributed by atoms with Crippen molar-refractivity contribution in [3.63, 3.8) is 0 Å². The lowest BCUT2D eigenvalue weighted by Gasteiger charge is -2.07. The van der Waals surface area contributed by atoms with Crippen molar-refractivity contribution in [2.45, 2.75) is 26.5 Å². The van der Waals surface area contributed by atoms with Crippen LogP contribution in [0.4, 0.5) is 0 Å². The van der Waals surface area contributed by atoms with Gasteiger partial charge in [0, 0.05) is 25.4 Å². The fourth-order valence-electron chi connectivity index (χ4n) is 1.99. The molecule has 0 bridgehead atoms. The number of hydrogen-bond donors (Lipinski definition) is 1. The molecular formula is C18H22N2O3. The Bertz CT molecular complexity index is 585. The van der Waals surface area contributed by atoms with Crippen LogP contribution in [-0.4, -0.2) is 24.1 Å². The Morgan fingerprint density at radius 1 is 1.13 bits per heavy atom. The van der Waals surface area contributed by atoms with Gasteiger partial charge in [0.15, 0.2) is 0 Å². The van der Waals surface area contributed by atoms with E-state index < -0.39 is 0 Å². The minimum atomic E-state index is -0.178. The van der Waals surface area contributed by atoms with Crippen molar-refractivity contribution in [2.75, 3.05) is 13.2 Å². The Kier molecular flexibility index (Phi) is 7.07. The molecule has 2 aromatic rings. The summed E-state index contributed by atoms with van der Waals surface area (Å²) >= 11 is 0. The molecule has 5 heteroatoms. The first-order chi connectivity index (χ1) is 11.3. The molecule has 23 heavy (non-hydrogen) atoms. The van der Waals surface area contributed by atoms with Crippen LogP contribution in [0.15, 0.2) is 48.7 Å². The molecule has 0 fully saturated rings. The second-order valence-corrected chi connectivity index (χ2v) is 5.01. The van der Waals surface area contributed by atoms with Crippen molar-refractivity contribution in [3.05, 3.63) is 59.8 Å². The van der Waals surface area contributed by atoms with E-state index in [9.17, 15) is 4.79 Å². The van der Waals surface area contributed by atoms with Crippen molar-refractivity contribution in [1.82, 2.24) is 10.3 Å². The molecular weight excluding hydrogens is 292 g/mol. The summed E-state index contributed by atoms with van der Waals surface area (Å²) < 4.78 is 10.5. The third kappa shape index (κ3) is 6.48. The Labute approximate surface area is 136 Å². The number of carbonyl (C=O) groups excluding carboxylic acids is 1. The van der Waals surface area contributed by atoms with Gasteiger partial charge in [0.2, 0.25) is 5.88 Å². The number of nitrogens with zero attached hydrogens (tertiary/aromatic N) is 1. The zero-order valence-electron chi connectivity index (χ0n) is 13.3. The predicted octanol–water partition coefficient (Wildman–Crippen LogP) is 2.70. The van der Waals surface area contributed by atoms with Crippen molar-refractivity contribution < 1.29 is 14.3 Å². The lowest BCUT2D eigenvalue weighted by Crippen LogP contribution is -2.19. The van der Waals surface area contributed by atoms with Gasteiger partial charge in [-0.3, -0.25) is 4.79 Å².